The molecule has 0 atom stereocenters. The Morgan fingerprint density at radius 3 is 2.67 bits per heavy atom. The molecule has 2 N–H and O–H groups in total. The number of carbonyl (C=O) groups is 2. The summed E-state index contributed by atoms with van der Waals surface area (Å²) < 4.78 is 13.8. The Morgan fingerprint density at radius 2 is 1.90 bits per heavy atom. The van der Waals surface area contributed by atoms with E-state index in [1.165, 1.54) is 23.9 Å². The lowest BCUT2D eigenvalue weighted by Crippen LogP contribution is -2.25. The number of carbonyl (C=O) groups excluding carboxylic acids is 2. The van der Waals surface area contributed by atoms with Gasteiger partial charge in [-0.05, 0) is 35.9 Å². The monoisotopic (exact) mass is 443 g/mol. The fourth-order valence-electron chi connectivity index (χ4n) is 2.67. The molecule has 0 aliphatic heterocycles. The summed E-state index contributed by atoms with van der Waals surface area (Å²) in [5.41, 5.74) is 2.01. The molecule has 0 unspecified atom stereocenters. The van der Waals surface area contributed by atoms with Gasteiger partial charge < -0.3 is 10.6 Å². The molecule has 0 saturated heterocycles. The van der Waals surface area contributed by atoms with Gasteiger partial charge in [-0.2, -0.15) is 0 Å². The van der Waals surface area contributed by atoms with Gasteiger partial charge in [-0.3, -0.25) is 14.6 Å². The predicted molar refractivity (Wildman–Crippen MR) is 118 cm³/mol. The fourth-order valence-corrected chi connectivity index (χ4v) is 3.84. The minimum absolute atomic E-state index is 0.0936. The molecule has 0 spiro atoms. The molecule has 2 amide bonds. The summed E-state index contributed by atoms with van der Waals surface area (Å²) in [6.45, 7) is 0.328. The molecule has 0 fully saturated rings. The third-order valence-electron chi connectivity index (χ3n) is 4.16. The van der Waals surface area contributed by atoms with Gasteiger partial charge in [0, 0.05) is 35.3 Å². The number of hydrogen-bond donors (Lipinski definition) is 2. The zero-order chi connectivity index (χ0) is 21.3. The van der Waals surface area contributed by atoms with E-state index in [9.17, 15) is 14.0 Å². The van der Waals surface area contributed by atoms with Crippen molar-refractivity contribution in [3.8, 4) is 0 Å². The second kappa shape index (κ2) is 10.8. The highest BCUT2D eigenvalue weighted by Crippen LogP contribution is 2.24. The molecule has 3 rings (SSSR count). The van der Waals surface area contributed by atoms with Crippen molar-refractivity contribution in [2.24, 2.45) is 0 Å². The normalized spacial score (nSPS) is 10.5. The number of nitrogens with zero attached hydrogens (tertiary/aromatic N) is 1. The number of benzene rings is 2. The van der Waals surface area contributed by atoms with Crippen LogP contribution >= 0.6 is 23.4 Å². The standard InChI is InChI=1S/C22H19ClFN3O2S/c23-18-7-3-8-19(24)17(18)13-30-14-21(28)27-20-9-2-1-6-16(20)22(29)26-12-15-5-4-10-25-11-15/h1-11H,12-14H2,(H,26,29)(H,27,28). The van der Waals surface area contributed by atoms with E-state index in [1.54, 1.807) is 48.8 Å². The largest absolute Gasteiger partial charge is 0.348 e. The van der Waals surface area contributed by atoms with E-state index in [4.69, 9.17) is 11.6 Å². The van der Waals surface area contributed by atoms with Gasteiger partial charge in [0.15, 0.2) is 0 Å². The molecule has 0 aliphatic carbocycles. The average molecular weight is 444 g/mol. The molecule has 5 nitrogen and oxygen atoms in total. The first-order chi connectivity index (χ1) is 14.5. The van der Waals surface area contributed by atoms with E-state index < -0.39 is 5.82 Å². The van der Waals surface area contributed by atoms with Crippen LogP contribution < -0.4 is 10.6 Å². The highest BCUT2D eigenvalue weighted by atomic mass is 35.5. The Hall–Kier alpha value is -2.90. The number of hydrogen-bond acceptors (Lipinski definition) is 4. The first kappa shape index (κ1) is 21.8. The zero-order valence-electron chi connectivity index (χ0n) is 15.9. The van der Waals surface area contributed by atoms with Crippen molar-refractivity contribution in [3.63, 3.8) is 0 Å². The van der Waals surface area contributed by atoms with Crippen molar-refractivity contribution in [2.75, 3.05) is 11.1 Å². The zero-order valence-corrected chi connectivity index (χ0v) is 17.5. The Kier molecular flexibility index (Phi) is 7.82. The SMILES string of the molecule is O=C(CSCc1c(F)cccc1Cl)Nc1ccccc1C(=O)NCc1cccnc1. The van der Waals surface area contributed by atoms with Crippen molar-refractivity contribution in [1.29, 1.82) is 0 Å². The topological polar surface area (TPSA) is 71.1 Å². The van der Waals surface area contributed by atoms with Crippen LogP contribution in [0.3, 0.4) is 0 Å². The Bertz CT molecular complexity index is 1010. The molecule has 0 aliphatic rings. The number of halogens is 2. The molecule has 2 aromatic carbocycles. The lowest BCUT2D eigenvalue weighted by molar-refractivity contribution is -0.113. The van der Waals surface area contributed by atoms with Gasteiger partial charge in [-0.25, -0.2) is 4.39 Å². The molecule has 0 bridgehead atoms. The smallest absolute Gasteiger partial charge is 0.253 e. The van der Waals surface area contributed by atoms with Crippen LogP contribution in [-0.2, 0) is 17.1 Å². The summed E-state index contributed by atoms with van der Waals surface area (Å²) in [7, 11) is 0. The maximum Gasteiger partial charge on any atom is 0.253 e. The summed E-state index contributed by atoms with van der Waals surface area (Å²) in [5.74, 6) is -0.630. The summed E-state index contributed by atoms with van der Waals surface area (Å²) in [6, 6.07) is 14.9. The Balaban J connectivity index is 1.56. The van der Waals surface area contributed by atoms with Crippen LogP contribution in [0.2, 0.25) is 5.02 Å². The van der Waals surface area contributed by atoms with Crippen LogP contribution in [0.5, 0.6) is 0 Å². The highest BCUT2D eigenvalue weighted by Gasteiger charge is 2.14. The molecule has 0 radical (unpaired) electrons. The summed E-state index contributed by atoms with van der Waals surface area (Å²) in [5, 5.41) is 5.89. The first-order valence-electron chi connectivity index (χ1n) is 9.11. The Labute approximate surface area is 183 Å². The number of anilines is 1. The van der Waals surface area contributed by atoms with Crippen LogP contribution in [0.1, 0.15) is 21.5 Å². The summed E-state index contributed by atoms with van der Waals surface area (Å²) >= 11 is 7.24. The van der Waals surface area contributed by atoms with Crippen LogP contribution in [-0.4, -0.2) is 22.6 Å². The molecular formula is C22H19ClFN3O2S. The molecule has 30 heavy (non-hydrogen) atoms. The second-order valence-electron chi connectivity index (χ2n) is 6.33. The van der Waals surface area contributed by atoms with Crippen molar-refractivity contribution in [2.45, 2.75) is 12.3 Å². The second-order valence-corrected chi connectivity index (χ2v) is 7.72. The molecule has 154 valence electrons. The van der Waals surface area contributed by atoms with Gasteiger partial charge in [0.1, 0.15) is 5.82 Å². The third-order valence-corrected chi connectivity index (χ3v) is 5.48. The van der Waals surface area contributed by atoms with E-state index in [0.717, 1.165) is 5.56 Å². The van der Waals surface area contributed by atoms with Gasteiger partial charge in [0.05, 0.1) is 17.0 Å². The number of aromatic nitrogens is 1. The maximum atomic E-state index is 13.8. The fraction of sp³-hybridized carbons (Fsp3) is 0.136. The van der Waals surface area contributed by atoms with Crippen LogP contribution in [0.4, 0.5) is 10.1 Å². The lowest BCUT2D eigenvalue weighted by atomic mass is 10.1. The Morgan fingerprint density at radius 1 is 1.07 bits per heavy atom. The lowest BCUT2D eigenvalue weighted by Gasteiger charge is -2.12. The molecular weight excluding hydrogens is 425 g/mol. The van der Waals surface area contributed by atoms with E-state index in [0.29, 0.717) is 28.4 Å². The minimum Gasteiger partial charge on any atom is -0.348 e. The van der Waals surface area contributed by atoms with E-state index in [1.807, 2.05) is 6.07 Å². The molecule has 1 aromatic heterocycles. The molecule has 0 saturated carbocycles. The van der Waals surface area contributed by atoms with Crippen molar-refractivity contribution in [3.05, 3.63) is 94.5 Å². The van der Waals surface area contributed by atoms with Crippen molar-refractivity contribution >= 4 is 40.9 Å². The molecule has 1 heterocycles. The van der Waals surface area contributed by atoms with E-state index >= 15 is 0 Å². The van der Waals surface area contributed by atoms with Crippen molar-refractivity contribution < 1.29 is 14.0 Å². The van der Waals surface area contributed by atoms with Crippen LogP contribution in [0.25, 0.3) is 0 Å². The highest BCUT2D eigenvalue weighted by molar-refractivity contribution is 7.99. The van der Waals surface area contributed by atoms with Gasteiger partial charge in [-0.1, -0.05) is 35.9 Å². The molecule has 8 heteroatoms. The van der Waals surface area contributed by atoms with Gasteiger partial charge >= 0.3 is 0 Å². The quantitative estimate of drug-likeness (QED) is 0.530. The van der Waals surface area contributed by atoms with Crippen LogP contribution in [0, 0.1) is 5.82 Å². The number of nitrogens with one attached hydrogen (secondary N) is 2. The van der Waals surface area contributed by atoms with Gasteiger partial charge in [0.25, 0.3) is 5.91 Å². The van der Waals surface area contributed by atoms with E-state index in [-0.39, 0.29) is 23.3 Å². The van der Waals surface area contributed by atoms with E-state index in [2.05, 4.69) is 15.6 Å². The third kappa shape index (κ3) is 6.05. The average Bonchev–Trinajstić information content (AvgIpc) is 2.75. The number of pyridine rings is 1. The van der Waals surface area contributed by atoms with Gasteiger partial charge in [0.2, 0.25) is 5.91 Å². The first-order valence-corrected chi connectivity index (χ1v) is 10.6. The van der Waals surface area contributed by atoms with Crippen LogP contribution in [0.15, 0.2) is 67.0 Å². The maximum absolute atomic E-state index is 13.8. The predicted octanol–water partition coefficient (Wildman–Crippen LogP) is 4.68. The molecule has 3 aromatic rings. The number of amides is 2. The minimum atomic E-state index is -0.397. The summed E-state index contributed by atoms with van der Waals surface area (Å²) in [6.07, 6.45) is 3.33. The number of rotatable bonds is 8. The number of para-hydroxylation sites is 1. The number of thioether (sulfide) groups is 1. The van der Waals surface area contributed by atoms with Crippen molar-refractivity contribution in [1.82, 2.24) is 10.3 Å². The van der Waals surface area contributed by atoms with Gasteiger partial charge in [-0.15, -0.1) is 11.8 Å². The summed E-state index contributed by atoms with van der Waals surface area (Å²) in [4.78, 5) is 28.9.